The van der Waals surface area contributed by atoms with E-state index in [0.717, 1.165) is 10.5 Å². The van der Waals surface area contributed by atoms with Gasteiger partial charge < -0.3 is 14.2 Å². The molecule has 134 valence electrons. The van der Waals surface area contributed by atoms with Crippen molar-refractivity contribution in [3.05, 3.63) is 35.9 Å². The Hall–Kier alpha value is -2.90. The molecule has 25 heavy (non-hydrogen) atoms. The number of esters is 2. The Morgan fingerprint density at radius 3 is 2.60 bits per heavy atom. The second-order valence-corrected chi connectivity index (χ2v) is 5.30. The van der Waals surface area contributed by atoms with Crippen molar-refractivity contribution in [1.29, 1.82) is 0 Å². The lowest BCUT2D eigenvalue weighted by molar-refractivity contribution is -0.153. The average Bonchev–Trinajstić information content (AvgIpc) is 2.99. The molecule has 1 atom stereocenters. The summed E-state index contributed by atoms with van der Waals surface area (Å²) in [6.45, 7) is 1.49. The minimum absolute atomic E-state index is 0.0308. The number of amides is 1. The summed E-state index contributed by atoms with van der Waals surface area (Å²) >= 11 is 0. The largest absolute Gasteiger partial charge is 0.460 e. The van der Waals surface area contributed by atoms with Crippen LogP contribution in [0.25, 0.3) is 0 Å². The first-order valence-corrected chi connectivity index (χ1v) is 7.86. The monoisotopic (exact) mass is 349 g/mol. The lowest BCUT2D eigenvalue weighted by Gasteiger charge is -2.19. The molecule has 1 amide bonds. The van der Waals surface area contributed by atoms with Gasteiger partial charge in [-0.3, -0.25) is 9.69 Å². The Bertz CT molecular complexity index is 644. The van der Waals surface area contributed by atoms with Crippen molar-refractivity contribution in [3.8, 4) is 0 Å². The summed E-state index contributed by atoms with van der Waals surface area (Å²) < 4.78 is 14.6. The van der Waals surface area contributed by atoms with Crippen LogP contribution in [0.2, 0.25) is 0 Å². The summed E-state index contributed by atoms with van der Waals surface area (Å²) in [5.41, 5.74) is 0.802. The van der Waals surface area contributed by atoms with E-state index < -0.39 is 29.9 Å². The van der Waals surface area contributed by atoms with Crippen LogP contribution in [0.15, 0.2) is 30.3 Å². The molecule has 1 saturated heterocycles. The van der Waals surface area contributed by atoms with E-state index in [0.29, 0.717) is 0 Å². The fraction of sp³-hybridized carbons (Fsp3) is 0.412. The van der Waals surface area contributed by atoms with Gasteiger partial charge in [-0.2, -0.15) is 0 Å². The SMILES string of the molecule is CCOC(=O)C(=O)CC[C@H]1C(=O)OCN1C(=O)OCc1ccccc1. The Morgan fingerprint density at radius 2 is 1.92 bits per heavy atom. The molecular weight excluding hydrogens is 330 g/mol. The third-order valence-electron chi connectivity index (χ3n) is 3.58. The Labute approximate surface area is 144 Å². The summed E-state index contributed by atoms with van der Waals surface area (Å²) in [5.74, 6) is -2.33. The summed E-state index contributed by atoms with van der Waals surface area (Å²) in [5, 5.41) is 0. The van der Waals surface area contributed by atoms with Gasteiger partial charge in [-0.05, 0) is 18.9 Å². The van der Waals surface area contributed by atoms with Crippen molar-refractivity contribution in [1.82, 2.24) is 4.90 Å². The maximum absolute atomic E-state index is 12.2. The van der Waals surface area contributed by atoms with Crippen molar-refractivity contribution in [2.24, 2.45) is 0 Å². The number of carbonyl (C=O) groups is 4. The Kier molecular flexibility index (Phi) is 6.50. The molecule has 8 heteroatoms. The van der Waals surface area contributed by atoms with E-state index in [1.165, 1.54) is 0 Å². The normalized spacial score (nSPS) is 16.3. The number of ether oxygens (including phenoxy) is 3. The van der Waals surface area contributed by atoms with Crippen molar-refractivity contribution in [3.63, 3.8) is 0 Å². The molecular formula is C17H19NO7. The van der Waals surface area contributed by atoms with Gasteiger partial charge in [0.25, 0.3) is 0 Å². The molecule has 1 fully saturated rings. The van der Waals surface area contributed by atoms with Gasteiger partial charge in [0.1, 0.15) is 12.6 Å². The molecule has 0 spiro atoms. The van der Waals surface area contributed by atoms with Crippen LogP contribution in [-0.2, 0) is 35.2 Å². The molecule has 1 aliphatic heterocycles. The molecule has 1 aromatic rings. The molecule has 0 aromatic heterocycles. The lowest BCUT2D eigenvalue weighted by atomic mass is 10.1. The van der Waals surface area contributed by atoms with Gasteiger partial charge in [-0.1, -0.05) is 30.3 Å². The van der Waals surface area contributed by atoms with Crippen LogP contribution in [-0.4, -0.2) is 48.1 Å². The summed E-state index contributed by atoms with van der Waals surface area (Å²) in [6, 6.07) is 8.12. The number of ketones is 1. The predicted octanol–water partition coefficient (Wildman–Crippen LogP) is 1.42. The molecule has 8 nitrogen and oxygen atoms in total. The number of hydrogen-bond donors (Lipinski definition) is 0. The van der Waals surface area contributed by atoms with Crippen LogP contribution in [0.3, 0.4) is 0 Å². The maximum Gasteiger partial charge on any atom is 0.413 e. The van der Waals surface area contributed by atoms with Gasteiger partial charge in [-0.25, -0.2) is 14.4 Å². The highest BCUT2D eigenvalue weighted by Gasteiger charge is 2.39. The molecule has 1 aliphatic rings. The molecule has 0 radical (unpaired) electrons. The number of nitrogens with zero attached hydrogens (tertiary/aromatic N) is 1. The second kappa shape index (κ2) is 8.81. The molecule has 2 rings (SSSR count). The third-order valence-corrected chi connectivity index (χ3v) is 3.58. The van der Waals surface area contributed by atoms with Crippen molar-refractivity contribution in [2.45, 2.75) is 32.4 Å². The second-order valence-electron chi connectivity index (χ2n) is 5.30. The lowest BCUT2D eigenvalue weighted by Crippen LogP contribution is -2.39. The first-order valence-electron chi connectivity index (χ1n) is 7.86. The van der Waals surface area contributed by atoms with Gasteiger partial charge >= 0.3 is 18.0 Å². The van der Waals surface area contributed by atoms with Crippen molar-refractivity contribution < 1.29 is 33.4 Å². The molecule has 0 bridgehead atoms. The van der Waals surface area contributed by atoms with E-state index in [9.17, 15) is 19.2 Å². The Balaban J connectivity index is 1.88. The van der Waals surface area contributed by atoms with E-state index in [1.807, 2.05) is 18.2 Å². The molecule has 0 saturated carbocycles. The molecule has 1 heterocycles. The number of benzene rings is 1. The van der Waals surface area contributed by atoms with Gasteiger partial charge in [0.2, 0.25) is 5.78 Å². The summed E-state index contributed by atoms with van der Waals surface area (Å²) in [6.07, 6.45) is -0.971. The molecule has 0 N–H and O–H groups in total. The predicted molar refractivity (Wildman–Crippen MR) is 84.1 cm³/mol. The zero-order valence-corrected chi connectivity index (χ0v) is 13.8. The van der Waals surface area contributed by atoms with Crippen molar-refractivity contribution in [2.75, 3.05) is 13.3 Å². The van der Waals surface area contributed by atoms with Crippen LogP contribution >= 0.6 is 0 Å². The standard InChI is InChI=1S/C17H19NO7/c1-2-23-16(21)14(19)9-8-13-15(20)25-11-18(13)17(22)24-10-12-6-4-3-5-7-12/h3-7,13H,2,8-11H2,1H3/t13-/m0/s1. The average molecular weight is 349 g/mol. The van der Waals surface area contributed by atoms with Crippen LogP contribution in [0.4, 0.5) is 4.79 Å². The van der Waals surface area contributed by atoms with Crippen LogP contribution < -0.4 is 0 Å². The van der Waals surface area contributed by atoms with Crippen LogP contribution in [0, 0.1) is 0 Å². The fourth-order valence-corrected chi connectivity index (χ4v) is 2.28. The topological polar surface area (TPSA) is 99.2 Å². The smallest absolute Gasteiger partial charge is 0.413 e. The minimum atomic E-state index is -0.957. The number of Topliss-reactive ketones (excluding diaryl/α,β-unsaturated/α-hetero) is 1. The highest BCUT2D eigenvalue weighted by molar-refractivity contribution is 6.33. The van der Waals surface area contributed by atoms with E-state index in [2.05, 4.69) is 4.74 Å². The number of hydrogen-bond acceptors (Lipinski definition) is 7. The zero-order chi connectivity index (χ0) is 18.2. The number of cyclic esters (lactones) is 1. The van der Waals surface area contributed by atoms with Crippen molar-refractivity contribution >= 4 is 23.8 Å². The quantitative estimate of drug-likeness (QED) is 0.417. The maximum atomic E-state index is 12.2. The first-order chi connectivity index (χ1) is 12.0. The molecule has 0 unspecified atom stereocenters. The van der Waals surface area contributed by atoms with E-state index >= 15 is 0 Å². The van der Waals surface area contributed by atoms with Gasteiger partial charge in [0.05, 0.1) is 6.61 Å². The zero-order valence-electron chi connectivity index (χ0n) is 13.8. The minimum Gasteiger partial charge on any atom is -0.460 e. The van der Waals surface area contributed by atoms with Crippen LogP contribution in [0.1, 0.15) is 25.3 Å². The molecule has 1 aromatic carbocycles. The highest BCUT2D eigenvalue weighted by Crippen LogP contribution is 2.18. The van der Waals surface area contributed by atoms with E-state index in [1.54, 1.807) is 19.1 Å². The summed E-state index contributed by atoms with van der Waals surface area (Å²) in [4.78, 5) is 48.0. The van der Waals surface area contributed by atoms with Crippen LogP contribution in [0.5, 0.6) is 0 Å². The number of carbonyl (C=O) groups excluding carboxylic acids is 4. The highest BCUT2D eigenvalue weighted by atomic mass is 16.6. The van der Waals surface area contributed by atoms with Gasteiger partial charge in [-0.15, -0.1) is 0 Å². The molecule has 0 aliphatic carbocycles. The van der Waals surface area contributed by atoms with Gasteiger partial charge in [0.15, 0.2) is 6.73 Å². The van der Waals surface area contributed by atoms with Gasteiger partial charge in [0, 0.05) is 6.42 Å². The summed E-state index contributed by atoms with van der Waals surface area (Å²) in [7, 11) is 0. The Morgan fingerprint density at radius 1 is 1.20 bits per heavy atom. The fourth-order valence-electron chi connectivity index (χ4n) is 2.28. The van der Waals surface area contributed by atoms with E-state index in [-0.39, 0.29) is 32.8 Å². The third kappa shape index (κ3) is 5.03. The number of rotatable bonds is 7. The van der Waals surface area contributed by atoms with E-state index in [4.69, 9.17) is 9.47 Å². The first kappa shape index (κ1) is 18.4.